The summed E-state index contributed by atoms with van der Waals surface area (Å²) in [4.78, 5) is 4.53. The van der Waals surface area contributed by atoms with Crippen LogP contribution in [0.25, 0.3) is 22.3 Å². The Morgan fingerprint density at radius 3 is 2.50 bits per heavy atom. The molecule has 4 heterocycles. The first-order chi connectivity index (χ1) is 14.2. The van der Waals surface area contributed by atoms with E-state index >= 15 is 0 Å². The maximum atomic E-state index is 13.0. The molecular weight excluding hydrogens is 411 g/mol. The van der Waals surface area contributed by atoms with Crippen molar-refractivity contribution in [1.29, 1.82) is 0 Å². The Kier molecular flexibility index (Phi) is 4.96. The number of benzene rings is 1. The fraction of sp³-hybridized carbons (Fsp3) is 0.409. The van der Waals surface area contributed by atoms with Crippen LogP contribution in [0.4, 0.5) is 13.2 Å². The summed E-state index contributed by atoms with van der Waals surface area (Å²) in [5.41, 5.74) is 0.726. The van der Waals surface area contributed by atoms with Crippen LogP contribution in [-0.2, 0) is 11.7 Å². The molecule has 3 aromatic rings. The maximum absolute atomic E-state index is 13.0. The molecule has 1 saturated carbocycles. The van der Waals surface area contributed by atoms with Gasteiger partial charge in [-0.1, -0.05) is 19.7 Å². The third-order valence-electron chi connectivity index (χ3n) is 5.89. The number of alkyl halides is 3. The first-order valence-corrected chi connectivity index (χ1v) is 11.6. The minimum Gasteiger partial charge on any atom is -0.507 e. The number of hydrogen-bond donors (Lipinski definition) is 1. The van der Waals surface area contributed by atoms with Gasteiger partial charge in [-0.05, 0) is 49.6 Å². The Bertz CT molecular complexity index is 1120. The van der Waals surface area contributed by atoms with Gasteiger partial charge in [0.2, 0.25) is 0 Å². The SMILES string of the molecule is C=S1CC2(n3cc4ccc(-c5c(C)cc(C(F)(F)F)cc5O)nc4n3)CC1C2.CC. The average Bonchev–Trinajstić information content (AvgIpc) is 3.31. The number of halogens is 3. The molecule has 8 heteroatoms. The summed E-state index contributed by atoms with van der Waals surface area (Å²) in [5.74, 6) is 4.85. The Hall–Kier alpha value is -2.35. The highest BCUT2D eigenvalue weighted by Gasteiger charge is 2.54. The summed E-state index contributed by atoms with van der Waals surface area (Å²) in [6.45, 7) is 5.54. The molecule has 2 aromatic heterocycles. The number of aromatic nitrogens is 3. The smallest absolute Gasteiger partial charge is 0.416 e. The van der Waals surface area contributed by atoms with Gasteiger partial charge in [0.15, 0.2) is 5.65 Å². The monoisotopic (exact) mass is 435 g/mol. The van der Waals surface area contributed by atoms with Crippen molar-refractivity contribution in [1.82, 2.24) is 14.8 Å². The number of phenolic OH excluding ortho intramolecular Hbond substituents is 1. The molecule has 3 fully saturated rings. The van der Waals surface area contributed by atoms with Crippen LogP contribution in [0.1, 0.15) is 37.8 Å². The zero-order chi connectivity index (χ0) is 21.8. The summed E-state index contributed by atoms with van der Waals surface area (Å²) >= 11 is 0. The largest absolute Gasteiger partial charge is 0.507 e. The van der Waals surface area contributed by atoms with Gasteiger partial charge in [-0.2, -0.15) is 28.8 Å². The topological polar surface area (TPSA) is 50.9 Å². The highest BCUT2D eigenvalue weighted by atomic mass is 32.2. The van der Waals surface area contributed by atoms with Gasteiger partial charge in [0.05, 0.1) is 16.8 Å². The summed E-state index contributed by atoms with van der Waals surface area (Å²) in [6, 6.07) is 5.34. The van der Waals surface area contributed by atoms with Gasteiger partial charge in [0.25, 0.3) is 0 Å². The van der Waals surface area contributed by atoms with E-state index in [4.69, 9.17) is 0 Å². The van der Waals surface area contributed by atoms with E-state index in [1.807, 2.05) is 30.8 Å². The van der Waals surface area contributed by atoms with Gasteiger partial charge in [0.1, 0.15) is 5.75 Å². The zero-order valence-electron chi connectivity index (χ0n) is 17.1. The summed E-state index contributed by atoms with van der Waals surface area (Å²) in [7, 11) is 0.189. The third kappa shape index (κ3) is 3.21. The van der Waals surface area contributed by atoms with Crippen LogP contribution in [0.2, 0.25) is 0 Å². The predicted molar refractivity (Wildman–Crippen MR) is 116 cm³/mol. The fourth-order valence-electron chi connectivity index (χ4n) is 4.41. The lowest BCUT2D eigenvalue weighted by Gasteiger charge is -2.37. The average molecular weight is 436 g/mol. The van der Waals surface area contributed by atoms with Crippen LogP contribution in [0.3, 0.4) is 0 Å². The van der Waals surface area contributed by atoms with E-state index < -0.39 is 17.5 Å². The molecule has 0 amide bonds. The van der Waals surface area contributed by atoms with E-state index in [9.17, 15) is 18.3 Å². The minimum absolute atomic E-state index is 0.0444. The van der Waals surface area contributed by atoms with Gasteiger partial charge in [-0.25, -0.2) is 4.98 Å². The third-order valence-corrected chi connectivity index (χ3v) is 8.08. The van der Waals surface area contributed by atoms with Crippen LogP contribution in [-0.4, -0.2) is 36.7 Å². The number of phenols is 1. The number of aromatic hydroxyl groups is 1. The van der Waals surface area contributed by atoms with Crippen LogP contribution >= 0.6 is 10.5 Å². The number of hydrogen-bond acceptors (Lipinski definition) is 3. The highest BCUT2D eigenvalue weighted by molar-refractivity contribution is 8.15. The lowest BCUT2D eigenvalue weighted by molar-refractivity contribution is -0.137. The van der Waals surface area contributed by atoms with Gasteiger partial charge in [0, 0.05) is 28.1 Å². The van der Waals surface area contributed by atoms with Crippen molar-refractivity contribution in [3.8, 4) is 17.0 Å². The first kappa shape index (κ1) is 20.9. The van der Waals surface area contributed by atoms with E-state index in [1.54, 1.807) is 6.07 Å². The van der Waals surface area contributed by atoms with Crippen LogP contribution in [0.5, 0.6) is 5.75 Å². The van der Waals surface area contributed by atoms with Crippen molar-refractivity contribution in [2.24, 2.45) is 0 Å². The van der Waals surface area contributed by atoms with E-state index in [2.05, 4.69) is 16.0 Å². The van der Waals surface area contributed by atoms with Crippen molar-refractivity contribution in [2.75, 3.05) is 5.75 Å². The van der Waals surface area contributed by atoms with Crippen molar-refractivity contribution < 1.29 is 18.3 Å². The molecular formula is C22H24F3N3OS. The van der Waals surface area contributed by atoms with E-state index in [0.29, 0.717) is 27.7 Å². The maximum Gasteiger partial charge on any atom is 0.416 e. The Balaban J connectivity index is 0.00000106. The molecule has 1 N–H and O–H groups in total. The number of nitrogens with zero attached hydrogens (tertiary/aromatic N) is 3. The second kappa shape index (κ2) is 7.11. The second-order valence-electron chi connectivity index (χ2n) is 7.80. The van der Waals surface area contributed by atoms with Gasteiger partial charge in [-0.15, -0.1) is 0 Å². The number of aryl methyl sites for hydroxylation is 1. The fourth-order valence-corrected chi connectivity index (χ4v) is 6.79. The van der Waals surface area contributed by atoms with Crippen molar-refractivity contribution in [3.05, 3.63) is 41.6 Å². The molecule has 1 atom stereocenters. The van der Waals surface area contributed by atoms with Gasteiger partial charge >= 0.3 is 6.18 Å². The van der Waals surface area contributed by atoms with E-state index in [-0.39, 0.29) is 16.0 Å². The predicted octanol–water partition coefficient (Wildman–Crippen LogP) is 5.73. The second-order valence-corrected chi connectivity index (χ2v) is 9.83. The van der Waals surface area contributed by atoms with Crippen molar-refractivity contribution in [2.45, 2.75) is 50.6 Å². The molecule has 1 unspecified atom stereocenters. The molecule has 6 rings (SSSR count). The molecule has 1 aliphatic carbocycles. The molecule has 3 aliphatic rings. The number of rotatable bonds is 2. The Morgan fingerprint density at radius 1 is 1.23 bits per heavy atom. The Labute approximate surface area is 175 Å². The van der Waals surface area contributed by atoms with E-state index in [1.165, 1.54) is 6.92 Å². The molecule has 2 saturated heterocycles. The zero-order valence-corrected chi connectivity index (χ0v) is 17.9. The van der Waals surface area contributed by atoms with Crippen LogP contribution in [0.15, 0.2) is 30.5 Å². The molecule has 0 spiro atoms. The summed E-state index contributed by atoms with van der Waals surface area (Å²) in [6.07, 6.45) is -0.326. The standard InChI is InChI=1S/C20H18F3N3OS.C2H6/c1-11-5-13(20(21,22)23)6-16(27)17(11)15-4-3-12-9-26(25-18(12)24-15)19-7-14(8-19)28(2)10-19;1-2/h3-6,9,14,27H,2,7-8,10H2,1H3;1-2H3. The molecule has 160 valence electrons. The number of pyridine rings is 1. The van der Waals surface area contributed by atoms with Crippen LogP contribution in [0, 0.1) is 6.92 Å². The first-order valence-electron chi connectivity index (χ1n) is 9.94. The van der Waals surface area contributed by atoms with Gasteiger partial charge < -0.3 is 5.11 Å². The molecule has 2 bridgehead atoms. The van der Waals surface area contributed by atoms with Crippen molar-refractivity contribution >= 4 is 27.4 Å². The Morgan fingerprint density at radius 2 is 1.93 bits per heavy atom. The normalized spacial score (nSPS) is 25.0. The molecule has 4 nitrogen and oxygen atoms in total. The quantitative estimate of drug-likeness (QED) is 0.523. The molecule has 30 heavy (non-hydrogen) atoms. The van der Waals surface area contributed by atoms with Gasteiger partial charge in [-0.3, -0.25) is 4.68 Å². The summed E-state index contributed by atoms with van der Waals surface area (Å²) < 4.78 is 40.9. The molecule has 1 aromatic carbocycles. The lowest BCUT2D eigenvalue weighted by Crippen LogP contribution is -2.43. The highest BCUT2D eigenvalue weighted by Crippen LogP contribution is 2.58. The minimum atomic E-state index is -4.51. The van der Waals surface area contributed by atoms with E-state index in [0.717, 1.165) is 36.1 Å². The summed E-state index contributed by atoms with van der Waals surface area (Å²) in [5, 5.41) is 16.5. The van der Waals surface area contributed by atoms with Crippen molar-refractivity contribution in [3.63, 3.8) is 0 Å². The lowest BCUT2D eigenvalue weighted by atomic mass is 9.79. The number of fused-ring (bicyclic) bond motifs is 2. The molecule has 0 radical (unpaired) electrons. The van der Waals surface area contributed by atoms with Crippen LogP contribution < -0.4 is 0 Å². The molecule has 2 aliphatic heterocycles.